The van der Waals surface area contributed by atoms with Crippen molar-refractivity contribution < 1.29 is 4.79 Å². The van der Waals surface area contributed by atoms with Crippen LogP contribution in [0.3, 0.4) is 0 Å². The summed E-state index contributed by atoms with van der Waals surface area (Å²) in [6, 6.07) is 16.4. The van der Waals surface area contributed by atoms with Crippen LogP contribution >= 0.6 is 11.8 Å². The van der Waals surface area contributed by atoms with E-state index in [1.54, 1.807) is 18.0 Å². The number of carbonyl (C=O) groups is 1. The normalized spacial score (nSPS) is 10.6. The number of aryl methyl sites for hydroxylation is 1. The molecule has 0 fully saturated rings. The van der Waals surface area contributed by atoms with Gasteiger partial charge in [0.1, 0.15) is 0 Å². The Morgan fingerprint density at radius 1 is 1.16 bits per heavy atom. The van der Waals surface area contributed by atoms with Crippen molar-refractivity contribution in [3.63, 3.8) is 0 Å². The van der Waals surface area contributed by atoms with Gasteiger partial charge in [0, 0.05) is 30.4 Å². The molecule has 1 heterocycles. The number of hydrogen-bond donors (Lipinski definition) is 1. The SMILES string of the molecule is CSc1ccc(CNC(=O)c2nccn2Cc2ccccc2C)cc1. The summed E-state index contributed by atoms with van der Waals surface area (Å²) in [7, 11) is 0. The Morgan fingerprint density at radius 2 is 1.92 bits per heavy atom. The van der Waals surface area contributed by atoms with Crippen molar-refractivity contribution in [2.45, 2.75) is 24.9 Å². The predicted molar refractivity (Wildman–Crippen MR) is 102 cm³/mol. The summed E-state index contributed by atoms with van der Waals surface area (Å²) in [6.45, 7) is 3.20. The molecule has 1 N–H and O–H groups in total. The van der Waals surface area contributed by atoms with Crippen molar-refractivity contribution in [2.24, 2.45) is 0 Å². The van der Waals surface area contributed by atoms with E-state index in [9.17, 15) is 4.79 Å². The molecule has 0 aliphatic heterocycles. The largest absolute Gasteiger partial charge is 0.345 e. The van der Waals surface area contributed by atoms with Crippen molar-refractivity contribution in [3.05, 3.63) is 83.4 Å². The van der Waals surface area contributed by atoms with Crippen LogP contribution in [0.5, 0.6) is 0 Å². The topological polar surface area (TPSA) is 46.9 Å². The molecule has 0 saturated heterocycles. The lowest BCUT2D eigenvalue weighted by molar-refractivity contribution is 0.0936. The summed E-state index contributed by atoms with van der Waals surface area (Å²) in [6.07, 6.45) is 5.56. The van der Waals surface area contributed by atoms with Gasteiger partial charge in [-0.2, -0.15) is 0 Å². The zero-order chi connectivity index (χ0) is 17.6. The van der Waals surface area contributed by atoms with E-state index in [1.807, 2.05) is 41.3 Å². The number of imidazole rings is 1. The van der Waals surface area contributed by atoms with Gasteiger partial charge in [-0.1, -0.05) is 36.4 Å². The number of aromatic nitrogens is 2. The Bertz CT molecular complexity index is 855. The van der Waals surface area contributed by atoms with E-state index in [0.717, 1.165) is 5.56 Å². The highest BCUT2D eigenvalue weighted by Gasteiger charge is 2.13. The Balaban J connectivity index is 1.66. The number of amides is 1. The number of carbonyl (C=O) groups excluding carboxylic acids is 1. The van der Waals surface area contributed by atoms with Crippen LogP contribution in [0, 0.1) is 6.92 Å². The quantitative estimate of drug-likeness (QED) is 0.685. The van der Waals surface area contributed by atoms with E-state index in [1.165, 1.54) is 16.0 Å². The molecule has 1 amide bonds. The van der Waals surface area contributed by atoms with Gasteiger partial charge in [0.15, 0.2) is 5.82 Å². The molecule has 4 nitrogen and oxygen atoms in total. The lowest BCUT2D eigenvalue weighted by atomic mass is 10.1. The first kappa shape index (κ1) is 17.3. The Kier molecular flexibility index (Phi) is 5.56. The van der Waals surface area contributed by atoms with Crippen LogP contribution in [-0.2, 0) is 13.1 Å². The molecule has 3 aromatic rings. The molecule has 128 valence electrons. The van der Waals surface area contributed by atoms with E-state index in [0.29, 0.717) is 18.9 Å². The maximum Gasteiger partial charge on any atom is 0.287 e. The fourth-order valence-corrected chi connectivity index (χ4v) is 3.03. The van der Waals surface area contributed by atoms with E-state index < -0.39 is 0 Å². The van der Waals surface area contributed by atoms with Gasteiger partial charge in [-0.15, -0.1) is 11.8 Å². The minimum absolute atomic E-state index is 0.160. The van der Waals surface area contributed by atoms with Gasteiger partial charge in [0.2, 0.25) is 0 Å². The van der Waals surface area contributed by atoms with Crippen LogP contribution < -0.4 is 5.32 Å². The second-order valence-electron chi connectivity index (χ2n) is 5.84. The molecule has 3 rings (SSSR count). The molecular formula is C20H21N3OS. The smallest absolute Gasteiger partial charge is 0.287 e. The highest BCUT2D eigenvalue weighted by Crippen LogP contribution is 2.15. The number of thioether (sulfide) groups is 1. The van der Waals surface area contributed by atoms with Gasteiger partial charge < -0.3 is 9.88 Å². The summed E-state index contributed by atoms with van der Waals surface area (Å²) in [4.78, 5) is 17.9. The van der Waals surface area contributed by atoms with Crippen molar-refractivity contribution >= 4 is 17.7 Å². The van der Waals surface area contributed by atoms with Crippen LogP contribution in [0.25, 0.3) is 0 Å². The third-order valence-corrected chi connectivity index (χ3v) is 4.88. The van der Waals surface area contributed by atoms with Crippen molar-refractivity contribution in [1.29, 1.82) is 0 Å². The third-order valence-electron chi connectivity index (χ3n) is 4.13. The molecule has 1 aromatic heterocycles. The first-order valence-electron chi connectivity index (χ1n) is 8.14. The Hall–Kier alpha value is -2.53. The van der Waals surface area contributed by atoms with Crippen LogP contribution in [-0.4, -0.2) is 21.7 Å². The van der Waals surface area contributed by atoms with Crippen LogP contribution in [0.4, 0.5) is 0 Å². The molecule has 0 aliphatic carbocycles. The molecule has 5 heteroatoms. The first-order valence-corrected chi connectivity index (χ1v) is 9.36. The van der Waals surface area contributed by atoms with Crippen LogP contribution in [0.15, 0.2) is 65.8 Å². The van der Waals surface area contributed by atoms with Crippen LogP contribution in [0.2, 0.25) is 0 Å². The molecule has 0 radical (unpaired) electrons. The number of nitrogens with zero attached hydrogens (tertiary/aromatic N) is 2. The van der Waals surface area contributed by atoms with Gasteiger partial charge in [0.25, 0.3) is 5.91 Å². The zero-order valence-electron chi connectivity index (χ0n) is 14.4. The predicted octanol–water partition coefficient (Wildman–Crippen LogP) is 3.89. The highest BCUT2D eigenvalue weighted by molar-refractivity contribution is 7.98. The fourth-order valence-electron chi connectivity index (χ4n) is 2.62. The maximum absolute atomic E-state index is 12.5. The average molecular weight is 351 g/mol. The van der Waals surface area contributed by atoms with E-state index in [4.69, 9.17) is 0 Å². The van der Waals surface area contributed by atoms with E-state index >= 15 is 0 Å². The lowest BCUT2D eigenvalue weighted by Crippen LogP contribution is -2.26. The molecule has 0 unspecified atom stereocenters. The number of hydrogen-bond acceptors (Lipinski definition) is 3. The molecule has 0 spiro atoms. The highest BCUT2D eigenvalue weighted by atomic mass is 32.2. The summed E-state index contributed by atoms with van der Waals surface area (Å²) in [5.74, 6) is 0.275. The number of benzene rings is 2. The maximum atomic E-state index is 12.5. The van der Waals surface area contributed by atoms with Crippen molar-refractivity contribution in [3.8, 4) is 0 Å². The molecule has 0 atom stereocenters. The summed E-state index contributed by atoms with van der Waals surface area (Å²) in [5, 5.41) is 2.95. The Labute approximate surface area is 152 Å². The first-order chi connectivity index (χ1) is 12.2. The third kappa shape index (κ3) is 4.31. The second-order valence-corrected chi connectivity index (χ2v) is 6.72. The fraction of sp³-hybridized carbons (Fsp3) is 0.200. The lowest BCUT2D eigenvalue weighted by Gasteiger charge is -2.10. The summed E-state index contributed by atoms with van der Waals surface area (Å²) < 4.78 is 1.88. The van der Waals surface area contributed by atoms with Crippen molar-refractivity contribution in [1.82, 2.24) is 14.9 Å². The zero-order valence-corrected chi connectivity index (χ0v) is 15.2. The average Bonchev–Trinajstić information content (AvgIpc) is 3.10. The number of nitrogens with one attached hydrogen (secondary N) is 1. The van der Waals surface area contributed by atoms with Gasteiger partial charge in [-0.05, 0) is 42.0 Å². The molecule has 0 bridgehead atoms. The molecule has 25 heavy (non-hydrogen) atoms. The van der Waals surface area contributed by atoms with Gasteiger partial charge in [0.05, 0.1) is 0 Å². The summed E-state index contributed by atoms with van der Waals surface area (Å²) >= 11 is 1.70. The minimum Gasteiger partial charge on any atom is -0.345 e. The standard InChI is InChI=1S/C20H21N3OS/c1-15-5-3-4-6-17(15)14-23-12-11-21-19(23)20(24)22-13-16-7-9-18(25-2)10-8-16/h3-12H,13-14H2,1-2H3,(H,22,24). The molecular weight excluding hydrogens is 330 g/mol. The Morgan fingerprint density at radius 3 is 2.64 bits per heavy atom. The molecule has 0 aliphatic rings. The van der Waals surface area contributed by atoms with Gasteiger partial charge >= 0.3 is 0 Å². The molecule has 0 saturated carbocycles. The van der Waals surface area contributed by atoms with Gasteiger partial charge in [-0.25, -0.2) is 4.98 Å². The molecule has 2 aromatic carbocycles. The van der Waals surface area contributed by atoms with E-state index in [2.05, 4.69) is 41.5 Å². The number of rotatable bonds is 6. The van der Waals surface area contributed by atoms with Crippen molar-refractivity contribution in [2.75, 3.05) is 6.26 Å². The second kappa shape index (κ2) is 8.03. The summed E-state index contributed by atoms with van der Waals surface area (Å²) in [5.41, 5.74) is 3.46. The van der Waals surface area contributed by atoms with Gasteiger partial charge in [-0.3, -0.25) is 4.79 Å². The minimum atomic E-state index is -0.160. The monoisotopic (exact) mass is 351 g/mol. The van der Waals surface area contributed by atoms with Crippen LogP contribution in [0.1, 0.15) is 27.3 Å². The van der Waals surface area contributed by atoms with E-state index in [-0.39, 0.29) is 5.91 Å².